The second-order valence-electron chi connectivity index (χ2n) is 6.08. The molecule has 1 rings (SSSR count). The Morgan fingerprint density at radius 1 is 1.30 bits per heavy atom. The highest BCUT2D eigenvalue weighted by atomic mass is 32.2. The molecule has 1 fully saturated rings. The van der Waals surface area contributed by atoms with Crippen molar-refractivity contribution in [2.24, 2.45) is 11.7 Å². The Bertz CT molecular complexity index is 403. The normalized spacial score (nSPS) is 18.8. The van der Waals surface area contributed by atoms with E-state index in [2.05, 4.69) is 0 Å². The van der Waals surface area contributed by atoms with Crippen LogP contribution >= 0.6 is 0 Å². The second-order valence-corrected chi connectivity index (χ2v) is 8.34. The standard InChI is InChI=1S/C14H28N2O3S/c1-16(10-8-12-6-4-3-5-7-12)14(17)13(15)9-11-20(2,18)19/h12-13H,3-11,15H2,1-2H3. The molecule has 0 heterocycles. The molecule has 118 valence electrons. The second kappa shape index (κ2) is 7.98. The van der Waals surface area contributed by atoms with Crippen molar-refractivity contribution in [2.45, 2.75) is 51.0 Å². The third-order valence-corrected chi connectivity index (χ3v) is 5.07. The summed E-state index contributed by atoms with van der Waals surface area (Å²) in [5.74, 6) is 0.548. The summed E-state index contributed by atoms with van der Waals surface area (Å²) in [6, 6.07) is -0.707. The van der Waals surface area contributed by atoms with Crippen LogP contribution in [0.4, 0.5) is 0 Å². The molecule has 6 heteroatoms. The van der Waals surface area contributed by atoms with Gasteiger partial charge in [-0.05, 0) is 18.8 Å². The van der Waals surface area contributed by atoms with Gasteiger partial charge >= 0.3 is 0 Å². The Hall–Kier alpha value is -0.620. The fraction of sp³-hybridized carbons (Fsp3) is 0.929. The zero-order chi connectivity index (χ0) is 15.2. The molecule has 0 radical (unpaired) electrons. The van der Waals surface area contributed by atoms with Gasteiger partial charge in [-0.1, -0.05) is 32.1 Å². The van der Waals surface area contributed by atoms with Crippen LogP contribution in [0.2, 0.25) is 0 Å². The minimum atomic E-state index is -3.06. The van der Waals surface area contributed by atoms with Crippen molar-refractivity contribution in [3.8, 4) is 0 Å². The topological polar surface area (TPSA) is 80.5 Å². The van der Waals surface area contributed by atoms with E-state index in [9.17, 15) is 13.2 Å². The number of hydrogen-bond donors (Lipinski definition) is 1. The van der Waals surface area contributed by atoms with Gasteiger partial charge in [0.1, 0.15) is 9.84 Å². The first kappa shape index (κ1) is 17.4. The number of sulfone groups is 1. The van der Waals surface area contributed by atoms with E-state index >= 15 is 0 Å². The Morgan fingerprint density at radius 3 is 2.45 bits per heavy atom. The molecule has 1 unspecified atom stereocenters. The van der Waals surface area contributed by atoms with Gasteiger partial charge in [-0.3, -0.25) is 4.79 Å². The highest BCUT2D eigenvalue weighted by Crippen LogP contribution is 2.26. The molecule has 1 aliphatic rings. The van der Waals surface area contributed by atoms with E-state index in [4.69, 9.17) is 5.73 Å². The van der Waals surface area contributed by atoms with E-state index < -0.39 is 15.9 Å². The lowest BCUT2D eigenvalue weighted by atomic mass is 9.87. The van der Waals surface area contributed by atoms with Crippen LogP contribution in [0.3, 0.4) is 0 Å². The highest BCUT2D eigenvalue weighted by Gasteiger charge is 2.21. The van der Waals surface area contributed by atoms with Gasteiger partial charge in [-0.25, -0.2) is 8.42 Å². The summed E-state index contributed by atoms with van der Waals surface area (Å²) in [7, 11) is -1.30. The lowest BCUT2D eigenvalue weighted by Crippen LogP contribution is -2.43. The van der Waals surface area contributed by atoms with E-state index in [1.165, 1.54) is 32.1 Å². The molecule has 1 amide bonds. The van der Waals surface area contributed by atoms with Gasteiger partial charge in [-0.2, -0.15) is 0 Å². The summed E-state index contributed by atoms with van der Waals surface area (Å²) >= 11 is 0. The minimum absolute atomic E-state index is 0.0314. The van der Waals surface area contributed by atoms with E-state index in [1.807, 2.05) is 0 Å². The Balaban J connectivity index is 2.30. The SMILES string of the molecule is CN(CCC1CCCCC1)C(=O)C(N)CCS(C)(=O)=O. The van der Waals surface area contributed by atoms with E-state index in [1.54, 1.807) is 11.9 Å². The third kappa shape index (κ3) is 6.70. The summed E-state index contributed by atoms with van der Waals surface area (Å²) < 4.78 is 22.2. The van der Waals surface area contributed by atoms with Crippen molar-refractivity contribution < 1.29 is 13.2 Å². The number of nitrogens with zero attached hydrogens (tertiary/aromatic N) is 1. The molecule has 0 aromatic rings. The van der Waals surface area contributed by atoms with Crippen LogP contribution in [0.15, 0.2) is 0 Å². The molecule has 0 spiro atoms. The summed E-state index contributed by atoms with van der Waals surface area (Å²) in [5, 5.41) is 0. The summed E-state index contributed by atoms with van der Waals surface area (Å²) in [6.45, 7) is 0.718. The lowest BCUT2D eigenvalue weighted by Gasteiger charge is -2.26. The first-order valence-electron chi connectivity index (χ1n) is 7.48. The van der Waals surface area contributed by atoms with Crippen molar-refractivity contribution in [1.82, 2.24) is 4.90 Å². The van der Waals surface area contributed by atoms with Gasteiger partial charge in [-0.15, -0.1) is 0 Å². The Kier molecular flexibility index (Phi) is 6.95. The first-order chi connectivity index (χ1) is 9.29. The van der Waals surface area contributed by atoms with Gasteiger partial charge in [0.25, 0.3) is 0 Å². The number of carbonyl (C=O) groups is 1. The molecule has 0 aliphatic heterocycles. The van der Waals surface area contributed by atoms with Crippen molar-refractivity contribution >= 4 is 15.7 Å². The first-order valence-corrected chi connectivity index (χ1v) is 9.54. The molecule has 1 atom stereocenters. The van der Waals surface area contributed by atoms with Gasteiger partial charge < -0.3 is 10.6 Å². The third-order valence-electron chi connectivity index (χ3n) is 4.09. The van der Waals surface area contributed by atoms with Crippen LogP contribution in [0.25, 0.3) is 0 Å². The highest BCUT2D eigenvalue weighted by molar-refractivity contribution is 7.90. The quantitative estimate of drug-likeness (QED) is 0.766. The molecule has 2 N–H and O–H groups in total. The average molecular weight is 304 g/mol. The molecule has 1 saturated carbocycles. The molecule has 0 aromatic carbocycles. The maximum absolute atomic E-state index is 12.0. The number of hydrogen-bond acceptors (Lipinski definition) is 4. The summed E-state index contributed by atoms with van der Waals surface area (Å²) in [6.07, 6.45) is 8.86. The maximum atomic E-state index is 12.0. The average Bonchev–Trinajstić information content (AvgIpc) is 2.41. The van der Waals surface area contributed by atoms with Crippen molar-refractivity contribution in [1.29, 1.82) is 0 Å². The largest absolute Gasteiger partial charge is 0.344 e. The van der Waals surface area contributed by atoms with Crippen LogP contribution in [-0.4, -0.2) is 50.9 Å². The fourth-order valence-electron chi connectivity index (χ4n) is 2.71. The predicted octanol–water partition coefficient (Wildman–Crippen LogP) is 1.18. The van der Waals surface area contributed by atoms with Crippen LogP contribution in [0.5, 0.6) is 0 Å². The molecule has 1 aliphatic carbocycles. The zero-order valence-corrected chi connectivity index (χ0v) is 13.5. The monoisotopic (exact) mass is 304 g/mol. The van der Waals surface area contributed by atoms with Gasteiger partial charge in [0.15, 0.2) is 0 Å². The number of nitrogens with two attached hydrogens (primary N) is 1. The summed E-state index contributed by atoms with van der Waals surface area (Å²) in [5.41, 5.74) is 5.78. The molecule has 0 saturated heterocycles. The van der Waals surface area contributed by atoms with E-state index in [0.717, 1.165) is 25.1 Å². The molecular weight excluding hydrogens is 276 g/mol. The number of rotatable bonds is 7. The van der Waals surface area contributed by atoms with Crippen LogP contribution in [0, 0.1) is 5.92 Å². The zero-order valence-electron chi connectivity index (χ0n) is 12.7. The van der Waals surface area contributed by atoms with Crippen LogP contribution in [-0.2, 0) is 14.6 Å². The van der Waals surface area contributed by atoms with Crippen molar-refractivity contribution in [3.63, 3.8) is 0 Å². The minimum Gasteiger partial charge on any atom is -0.344 e. The van der Waals surface area contributed by atoms with Gasteiger partial charge in [0.05, 0.1) is 11.8 Å². The smallest absolute Gasteiger partial charge is 0.239 e. The molecular formula is C14H28N2O3S. The Morgan fingerprint density at radius 2 is 1.90 bits per heavy atom. The Labute approximate surface area is 122 Å². The fourth-order valence-corrected chi connectivity index (χ4v) is 3.39. The van der Waals surface area contributed by atoms with Crippen LogP contribution < -0.4 is 5.73 Å². The molecule has 0 aromatic heterocycles. The van der Waals surface area contributed by atoms with E-state index in [-0.39, 0.29) is 18.1 Å². The molecule has 0 bridgehead atoms. The van der Waals surface area contributed by atoms with Crippen molar-refractivity contribution in [3.05, 3.63) is 0 Å². The van der Waals surface area contributed by atoms with Crippen molar-refractivity contribution in [2.75, 3.05) is 25.6 Å². The number of carbonyl (C=O) groups excluding carboxylic acids is 1. The van der Waals surface area contributed by atoms with E-state index in [0.29, 0.717) is 0 Å². The number of likely N-dealkylation sites (N-methyl/N-ethyl adjacent to an activating group) is 1. The number of amides is 1. The van der Waals surface area contributed by atoms with Gasteiger partial charge in [0.2, 0.25) is 5.91 Å². The maximum Gasteiger partial charge on any atom is 0.239 e. The lowest BCUT2D eigenvalue weighted by molar-refractivity contribution is -0.131. The van der Waals surface area contributed by atoms with Crippen LogP contribution in [0.1, 0.15) is 44.9 Å². The molecule has 5 nitrogen and oxygen atoms in total. The van der Waals surface area contributed by atoms with Gasteiger partial charge in [0, 0.05) is 19.8 Å². The molecule has 20 heavy (non-hydrogen) atoms. The summed E-state index contributed by atoms with van der Waals surface area (Å²) in [4.78, 5) is 13.7. The predicted molar refractivity (Wildman–Crippen MR) is 81.1 cm³/mol.